The second-order valence-electron chi connectivity index (χ2n) is 10.2. The summed E-state index contributed by atoms with van der Waals surface area (Å²) in [4.78, 5) is 13.7. The van der Waals surface area contributed by atoms with Crippen molar-refractivity contribution in [2.75, 3.05) is 6.61 Å². The van der Waals surface area contributed by atoms with Gasteiger partial charge in [0.05, 0.1) is 23.7 Å². The fourth-order valence-corrected chi connectivity index (χ4v) is 4.89. The zero-order valence-electron chi connectivity index (χ0n) is 22.3. The molecule has 0 unspecified atom stereocenters. The van der Waals surface area contributed by atoms with Crippen LogP contribution < -0.4 is 10.2 Å². The molecule has 3 heterocycles. The summed E-state index contributed by atoms with van der Waals surface area (Å²) in [5.74, 6) is -4.12. The van der Waals surface area contributed by atoms with Gasteiger partial charge in [-0.1, -0.05) is 0 Å². The maximum Gasteiger partial charge on any atom is 0.235 e. The minimum absolute atomic E-state index is 0.136. The molecule has 2 aromatic carbocycles. The van der Waals surface area contributed by atoms with Gasteiger partial charge in [-0.25, -0.2) is 0 Å². The quantitative estimate of drug-likeness (QED) is 0.140. The summed E-state index contributed by atoms with van der Waals surface area (Å²) in [6.07, 6.45) is -16.7. The van der Waals surface area contributed by atoms with E-state index in [0.717, 1.165) is 18.2 Å². The molecule has 0 radical (unpaired) electrons. The molecule has 10 N–H and O–H groups in total. The number of ether oxygens (including phenoxy) is 4. The number of phenolic OH excluding ortho intramolecular Hbond substituents is 4. The molecule has 0 saturated carbocycles. The lowest BCUT2D eigenvalue weighted by atomic mass is 9.97. The van der Waals surface area contributed by atoms with E-state index in [9.17, 15) is 55.9 Å². The maximum atomic E-state index is 13.7. The molecule has 0 aliphatic carbocycles. The van der Waals surface area contributed by atoms with Crippen LogP contribution in [0.1, 0.15) is 6.92 Å². The minimum Gasteiger partial charge on any atom is -0.508 e. The van der Waals surface area contributed by atoms with Crippen LogP contribution in [0.25, 0.3) is 22.3 Å². The molecule has 16 heteroatoms. The van der Waals surface area contributed by atoms with E-state index in [1.54, 1.807) is 0 Å². The zero-order chi connectivity index (χ0) is 31.3. The van der Waals surface area contributed by atoms with E-state index >= 15 is 0 Å². The molecule has 234 valence electrons. The van der Waals surface area contributed by atoms with Crippen molar-refractivity contribution in [1.29, 1.82) is 0 Å². The highest BCUT2D eigenvalue weighted by atomic mass is 16.8. The first-order chi connectivity index (χ1) is 20.3. The molecular formula is C27H30O16. The van der Waals surface area contributed by atoms with E-state index in [2.05, 4.69) is 0 Å². The number of fused-ring (bicyclic) bond motifs is 1. The Labute approximate surface area is 241 Å². The largest absolute Gasteiger partial charge is 0.508 e. The predicted octanol–water partition coefficient (Wildman–Crippen LogP) is -1.69. The Bertz CT molecular complexity index is 1540. The van der Waals surface area contributed by atoms with Gasteiger partial charge in [0.25, 0.3) is 0 Å². The summed E-state index contributed by atoms with van der Waals surface area (Å²) >= 11 is 0. The number of hydrogen-bond donors (Lipinski definition) is 10. The molecule has 3 aromatic rings. The average Bonchev–Trinajstić information content (AvgIpc) is 2.98. The second kappa shape index (κ2) is 11.8. The Morgan fingerprint density at radius 3 is 2.23 bits per heavy atom. The van der Waals surface area contributed by atoms with Crippen molar-refractivity contribution in [2.45, 2.75) is 68.3 Å². The lowest BCUT2D eigenvalue weighted by molar-refractivity contribution is -0.354. The van der Waals surface area contributed by atoms with Crippen molar-refractivity contribution < 1.29 is 74.4 Å². The molecule has 16 nitrogen and oxygen atoms in total. The smallest absolute Gasteiger partial charge is 0.235 e. The van der Waals surface area contributed by atoms with Gasteiger partial charge in [0.15, 0.2) is 29.7 Å². The minimum atomic E-state index is -1.91. The van der Waals surface area contributed by atoms with Crippen LogP contribution in [0.2, 0.25) is 0 Å². The summed E-state index contributed by atoms with van der Waals surface area (Å²) < 4.78 is 28.3. The van der Waals surface area contributed by atoms with E-state index in [1.165, 1.54) is 19.1 Å². The fourth-order valence-electron chi connectivity index (χ4n) is 4.89. The summed E-state index contributed by atoms with van der Waals surface area (Å²) in [5.41, 5.74) is -1.45. The molecule has 2 aliphatic rings. The van der Waals surface area contributed by atoms with Crippen molar-refractivity contribution in [3.63, 3.8) is 0 Å². The average molecular weight is 611 g/mol. The maximum absolute atomic E-state index is 13.7. The van der Waals surface area contributed by atoms with E-state index in [0.29, 0.717) is 0 Å². The van der Waals surface area contributed by atoms with Crippen LogP contribution in [0.3, 0.4) is 0 Å². The first-order valence-corrected chi connectivity index (χ1v) is 13.0. The summed E-state index contributed by atoms with van der Waals surface area (Å²) in [6.45, 7) is 0.541. The van der Waals surface area contributed by atoms with Crippen molar-refractivity contribution in [3.05, 3.63) is 40.6 Å². The van der Waals surface area contributed by atoms with Crippen molar-refractivity contribution in [2.24, 2.45) is 0 Å². The van der Waals surface area contributed by atoms with Gasteiger partial charge in [0.1, 0.15) is 48.0 Å². The number of aliphatic hydroxyl groups excluding tert-OH is 6. The first-order valence-electron chi connectivity index (χ1n) is 13.0. The Balaban J connectivity index is 1.62. The number of aliphatic hydroxyl groups is 6. The summed E-state index contributed by atoms with van der Waals surface area (Å²) in [6, 6.07) is 5.53. The zero-order valence-corrected chi connectivity index (χ0v) is 22.3. The molecule has 5 rings (SSSR count). The molecule has 1 aromatic heterocycles. The summed E-state index contributed by atoms with van der Waals surface area (Å²) in [5, 5.41) is 102. The SMILES string of the molecule is C[C@@H]1O[C@@H](O[C@@H]2[C@H](Oc3c(-c4ccc(O)c(O)c4O)oc4cc(O)ccc4c3=O)O[C@H](CO)[C@@H](O)[C@@H]2O)[C@@H](O)[C@H](O)[C@H]1O. The van der Waals surface area contributed by atoms with Gasteiger partial charge in [-0.15, -0.1) is 0 Å². The van der Waals surface area contributed by atoms with Gasteiger partial charge in [-0.2, -0.15) is 0 Å². The molecule has 10 atom stereocenters. The third-order valence-electron chi connectivity index (χ3n) is 7.37. The van der Waals surface area contributed by atoms with Crippen LogP contribution in [0, 0.1) is 0 Å². The van der Waals surface area contributed by atoms with Crippen LogP contribution in [-0.2, 0) is 14.2 Å². The molecule has 43 heavy (non-hydrogen) atoms. The highest BCUT2D eigenvalue weighted by Gasteiger charge is 2.51. The Morgan fingerprint density at radius 2 is 1.53 bits per heavy atom. The van der Waals surface area contributed by atoms with Gasteiger partial charge >= 0.3 is 0 Å². The number of benzene rings is 2. The van der Waals surface area contributed by atoms with Gasteiger partial charge in [-0.05, 0) is 31.2 Å². The molecule has 0 bridgehead atoms. The lowest BCUT2D eigenvalue weighted by Gasteiger charge is -2.45. The molecule has 0 amide bonds. The third-order valence-corrected chi connectivity index (χ3v) is 7.37. The standard InChI is InChI=1S/C27H30O16/c1-8-15(31)20(36)22(38)26(39-8)43-25-21(37)19(35)14(7-28)41-27(25)42-24-17(33)10-3-2-9(29)6-13(10)40-23(24)11-4-5-12(30)18(34)16(11)32/h2-6,8,14-15,19-22,25-32,34-38H,7H2,1H3/t8-,14+,15-,19+,20+,21-,22-,25-,26-,27-/m0/s1. The van der Waals surface area contributed by atoms with Crippen LogP contribution >= 0.6 is 0 Å². The topological polar surface area (TPSA) is 269 Å². The van der Waals surface area contributed by atoms with Gasteiger partial charge in [0.2, 0.25) is 23.2 Å². The van der Waals surface area contributed by atoms with E-state index in [1.807, 2.05) is 0 Å². The van der Waals surface area contributed by atoms with Crippen LogP contribution in [-0.4, -0.2) is 119 Å². The number of aromatic hydroxyl groups is 4. The molecule has 0 spiro atoms. The van der Waals surface area contributed by atoms with Crippen LogP contribution in [0.4, 0.5) is 0 Å². The number of hydrogen-bond acceptors (Lipinski definition) is 16. The normalized spacial score (nSPS) is 33.0. The highest BCUT2D eigenvalue weighted by molar-refractivity contribution is 5.85. The first kappa shape index (κ1) is 30.7. The highest BCUT2D eigenvalue weighted by Crippen LogP contribution is 2.45. The van der Waals surface area contributed by atoms with Gasteiger partial charge in [-0.3, -0.25) is 4.79 Å². The van der Waals surface area contributed by atoms with Crippen LogP contribution in [0.15, 0.2) is 39.5 Å². The van der Waals surface area contributed by atoms with Gasteiger partial charge < -0.3 is 74.4 Å². The van der Waals surface area contributed by atoms with Crippen molar-refractivity contribution >= 4 is 11.0 Å². The Kier molecular flexibility index (Phi) is 8.41. The van der Waals surface area contributed by atoms with E-state index < -0.39 is 102 Å². The second-order valence-corrected chi connectivity index (χ2v) is 10.2. The lowest BCUT2D eigenvalue weighted by Crippen LogP contribution is -2.64. The fraction of sp³-hybridized carbons (Fsp3) is 0.444. The molecule has 2 aliphatic heterocycles. The van der Waals surface area contributed by atoms with Crippen molar-refractivity contribution in [3.8, 4) is 40.1 Å². The van der Waals surface area contributed by atoms with Crippen LogP contribution in [0.5, 0.6) is 28.7 Å². The van der Waals surface area contributed by atoms with E-state index in [-0.39, 0.29) is 22.3 Å². The van der Waals surface area contributed by atoms with E-state index in [4.69, 9.17) is 23.4 Å². The molecular weight excluding hydrogens is 580 g/mol. The Hall–Kier alpha value is -3.71. The monoisotopic (exact) mass is 610 g/mol. The van der Waals surface area contributed by atoms with Gasteiger partial charge in [0, 0.05) is 6.07 Å². The van der Waals surface area contributed by atoms with Crippen molar-refractivity contribution in [1.82, 2.24) is 0 Å². The third kappa shape index (κ3) is 5.44. The number of rotatable bonds is 6. The molecule has 2 saturated heterocycles. The molecule has 2 fully saturated rings. The Morgan fingerprint density at radius 1 is 0.814 bits per heavy atom. The predicted molar refractivity (Wildman–Crippen MR) is 140 cm³/mol. The summed E-state index contributed by atoms with van der Waals surface area (Å²) in [7, 11) is 0. The number of phenols is 4.